The number of aromatic nitrogens is 2. The van der Waals surface area contributed by atoms with Crippen molar-refractivity contribution in [3.05, 3.63) is 52.6 Å². The Kier molecular flexibility index (Phi) is 6.23. The predicted octanol–water partition coefficient (Wildman–Crippen LogP) is 5.00. The van der Waals surface area contributed by atoms with Crippen LogP contribution in [0.1, 0.15) is 30.6 Å². The number of fused-ring (bicyclic) bond motifs is 2. The summed E-state index contributed by atoms with van der Waals surface area (Å²) in [7, 11) is 0. The Hall–Kier alpha value is -2.85. The lowest BCUT2D eigenvalue weighted by atomic mass is 9.94. The van der Waals surface area contributed by atoms with Gasteiger partial charge in [-0.3, -0.25) is 24.4 Å². The van der Waals surface area contributed by atoms with E-state index >= 15 is 4.39 Å². The van der Waals surface area contributed by atoms with E-state index < -0.39 is 5.67 Å². The number of halogens is 2. The molecule has 2 amide bonds. The van der Waals surface area contributed by atoms with Gasteiger partial charge in [-0.05, 0) is 69.1 Å². The number of hydrogen-bond acceptors (Lipinski definition) is 6. The van der Waals surface area contributed by atoms with Gasteiger partial charge in [-0.15, -0.1) is 11.3 Å². The number of rotatable bonds is 6. The highest BCUT2D eigenvalue weighted by Crippen LogP contribution is 2.40. The van der Waals surface area contributed by atoms with E-state index in [-0.39, 0.29) is 24.9 Å². The van der Waals surface area contributed by atoms with Gasteiger partial charge in [0.05, 0.1) is 41.9 Å². The third-order valence-electron chi connectivity index (χ3n) is 8.19. The highest BCUT2D eigenvalue weighted by atomic mass is 35.5. The number of carbonyl (C=O) groups is 2. The first-order valence-electron chi connectivity index (χ1n) is 13.5. The van der Waals surface area contributed by atoms with Crippen LogP contribution in [0.4, 0.5) is 4.39 Å². The monoisotopic (exact) mass is 565 g/mol. The topological polar surface area (TPSA) is 70.5 Å². The molecule has 1 N–H and O–H groups in total. The quantitative estimate of drug-likeness (QED) is 0.333. The van der Waals surface area contributed by atoms with Crippen molar-refractivity contribution >= 4 is 55.9 Å². The molecule has 3 aromatic heterocycles. The molecule has 0 radical (unpaired) electrons. The summed E-state index contributed by atoms with van der Waals surface area (Å²) < 4.78 is 18.7. The van der Waals surface area contributed by atoms with Gasteiger partial charge in [-0.1, -0.05) is 11.6 Å². The average Bonchev–Trinajstić information content (AvgIpc) is 3.57. The maximum absolute atomic E-state index is 15.7. The Morgan fingerprint density at radius 1 is 1.08 bits per heavy atom. The lowest BCUT2D eigenvalue weighted by Crippen LogP contribution is -2.53. The Morgan fingerprint density at radius 3 is 2.59 bits per heavy atom. The van der Waals surface area contributed by atoms with Crippen LogP contribution in [0.25, 0.3) is 32.2 Å². The van der Waals surface area contributed by atoms with Crippen LogP contribution in [0.15, 0.2) is 42.7 Å². The van der Waals surface area contributed by atoms with E-state index in [1.807, 2.05) is 46.0 Å². The first-order chi connectivity index (χ1) is 18.9. The number of alkyl halides is 1. The lowest BCUT2D eigenvalue weighted by Gasteiger charge is -2.32. The molecule has 0 atom stereocenters. The highest BCUT2D eigenvalue weighted by Gasteiger charge is 2.38. The van der Waals surface area contributed by atoms with Crippen LogP contribution in [-0.2, 0) is 22.7 Å². The molecule has 39 heavy (non-hydrogen) atoms. The third kappa shape index (κ3) is 4.75. The van der Waals surface area contributed by atoms with Gasteiger partial charge in [-0.25, -0.2) is 4.39 Å². The van der Waals surface area contributed by atoms with Crippen molar-refractivity contribution in [2.45, 2.75) is 50.5 Å². The zero-order valence-corrected chi connectivity index (χ0v) is 23.0. The minimum absolute atomic E-state index is 0.142. The summed E-state index contributed by atoms with van der Waals surface area (Å²) >= 11 is 8.11. The van der Waals surface area contributed by atoms with Gasteiger partial charge in [0.25, 0.3) is 0 Å². The molecule has 4 aromatic rings. The molecule has 5 heterocycles. The molecular weight excluding hydrogens is 537 g/mol. The van der Waals surface area contributed by atoms with Gasteiger partial charge in [0.2, 0.25) is 11.8 Å². The van der Waals surface area contributed by atoms with Crippen LogP contribution < -0.4 is 5.32 Å². The number of amides is 2. The zero-order valence-electron chi connectivity index (χ0n) is 21.5. The summed E-state index contributed by atoms with van der Waals surface area (Å²) in [6.07, 6.45) is 6.81. The van der Waals surface area contributed by atoms with E-state index in [0.717, 1.165) is 50.0 Å². The van der Waals surface area contributed by atoms with Crippen LogP contribution in [0, 0.1) is 0 Å². The third-order valence-corrected chi connectivity index (χ3v) is 9.55. The number of hydrogen-bond donors (Lipinski definition) is 1. The van der Waals surface area contributed by atoms with Gasteiger partial charge >= 0.3 is 0 Å². The number of pyridine rings is 1. The molecule has 1 saturated carbocycles. The van der Waals surface area contributed by atoms with Gasteiger partial charge in [-0.2, -0.15) is 0 Å². The Labute approximate surface area is 234 Å². The normalized spacial score (nSPS) is 20.4. The van der Waals surface area contributed by atoms with Gasteiger partial charge in [0, 0.05) is 44.8 Å². The van der Waals surface area contributed by atoms with E-state index in [4.69, 9.17) is 11.6 Å². The molecule has 2 saturated heterocycles. The second kappa shape index (κ2) is 9.66. The van der Waals surface area contributed by atoms with Gasteiger partial charge in [0.1, 0.15) is 5.67 Å². The van der Waals surface area contributed by atoms with Crippen molar-refractivity contribution in [3.63, 3.8) is 0 Å². The molecule has 0 unspecified atom stereocenters. The Balaban J connectivity index is 1.25. The fraction of sp³-hybridized carbons (Fsp3) is 0.414. The SMILES string of the molecule is O=C1CN(C2CC2)CC(=O)N1Cc1cc2nccc(-c3cc(Cl)cc4ccn(CC5(F)CCNCC5)c34)c2s1. The fourth-order valence-corrected chi connectivity index (χ4v) is 7.37. The lowest BCUT2D eigenvalue weighted by molar-refractivity contribution is -0.152. The van der Waals surface area contributed by atoms with E-state index in [2.05, 4.69) is 10.3 Å². The first kappa shape index (κ1) is 25.1. The maximum Gasteiger partial charge on any atom is 0.243 e. The summed E-state index contributed by atoms with van der Waals surface area (Å²) in [4.78, 5) is 34.5. The molecule has 2 aliphatic heterocycles. The minimum atomic E-state index is -1.26. The average molecular weight is 566 g/mol. The number of piperidine rings is 1. The summed E-state index contributed by atoms with van der Waals surface area (Å²) in [5.41, 5.74) is 2.36. The summed E-state index contributed by atoms with van der Waals surface area (Å²) in [6, 6.07) is 10.2. The van der Waals surface area contributed by atoms with Crippen LogP contribution in [0.2, 0.25) is 5.02 Å². The number of nitrogens with one attached hydrogen (secondary N) is 1. The number of imide groups is 1. The summed E-state index contributed by atoms with van der Waals surface area (Å²) in [5, 5.41) is 4.82. The molecule has 1 aromatic carbocycles. The number of nitrogens with zero attached hydrogens (tertiary/aromatic N) is 4. The number of thiophene rings is 1. The Morgan fingerprint density at radius 2 is 1.85 bits per heavy atom. The van der Waals surface area contributed by atoms with Crippen LogP contribution in [-0.4, -0.2) is 69.1 Å². The van der Waals surface area contributed by atoms with Crippen LogP contribution in [0.3, 0.4) is 0 Å². The molecule has 7 nitrogen and oxygen atoms in total. The van der Waals surface area contributed by atoms with Crippen molar-refractivity contribution < 1.29 is 14.0 Å². The van der Waals surface area contributed by atoms with Crippen molar-refractivity contribution in [1.29, 1.82) is 0 Å². The van der Waals surface area contributed by atoms with Crippen molar-refractivity contribution in [2.24, 2.45) is 0 Å². The number of benzene rings is 1. The molecule has 7 rings (SSSR count). The fourth-order valence-electron chi connectivity index (χ4n) is 6.01. The summed E-state index contributed by atoms with van der Waals surface area (Å²) in [5.74, 6) is -0.285. The first-order valence-corrected chi connectivity index (χ1v) is 14.7. The molecule has 202 valence electrons. The molecule has 3 aliphatic rings. The minimum Gasteiger partial charge on any atom is -0.344 e. The number of carbonyl (C=O) groups excluding carboxylic acids is 2. The predicted molar refractivity (Wildman–Crippen MR) is 152 cm³/mol. The standard InChI is InChI=1S/C29H29ClFN5O2S/c30-19-11-18-4-10-34(17-29(31)5-8-32-9-6-29)27(18)23(12-19)22-3-7-33-24-13-21(39-28(22)24)14-36-25(37)15-35(16-26(36)38)20-1-2-20/h3-4,7,10-13,20,32H,1-2,5-6,8-9,14-17H2. The second-order valence-electron chi connectivity index (χ2n) is 11.0. The van der Waals surface area contributed by atoms with Gasteiger partial charge in [0.15, 0.2) is 0 Å². The maximum atomic E-state index is 15.7. The van der Waals surface area contributed by atoms with Crippen LogP contribution >= 0.6 is 22.9 Å². The smallest absolute Gasteiger partial charge is 0.243 e. The Bertz CT molecular complexity index is 1590. The van der Waals surface area contributed by atoms with Crippen molar-refractivity contribution in [2.75, 3.05) is 26.2 Å². The largest absolute Gasteiger partial charge is 0.344 e. The molecule has 0 spiro atoms. The highest BCUT2D eigenvalue weighted by molar-refractivity contribution is 7.19. The molecule has 3 fully saturated rings. The van der Waals surface area contributed by atoms with Crippen molar-refractivity contribution in [3.8, 4) is 11.1 Å². The van der Waals surface area contributed by atoms with Crippen LogP contribution in [0.5, 0.6) is 0 Å². The summed E-state index contributed by atoms with van der Waals surface area (Å²) in [6.45, 7) is 2.49. The molecule has 10 heteroatoms. The number of piperazine rings is 1. The van der Waals surface area contributed by atoms with Crippen molar-refractivity contribution in [1.82, 2.24) is 24.7 Å². The van der Waals surface area contributed by atoms with Gasteiger partial charge < -0.3 is 9.88 Å². The van der Waals surface area contributed by atoms with E-state index in [0.29, 0.717) is 50.1 Å². The molecule has 0 bridgehead atoms. The molecular formula is C29H29ClFN5O2S. The van der Waals surface area contributed by atoms with E-state index in [1.54, 1.807) is 6.20 Å². The zero-order chi connectivity index (χ0) is 26.7. The van der Waals surface area contributed by atoms with E-state index in [9.17, 15) is 9.59 Å². The van der Waals surface area contributed by atoms with E-state index in [1.165, 1.54) is 16.2 Å². The second-order valence-corrected chi connectivity index (χ2v) is 12.6. The molecule has 1 aliphatic carbocycles.